The number of aliphatic hydroxyl groups excluding tert-OH is 1. The minimum absolute atomic E-state index is 0.0626. The number of aromatic hydroxyl groups is 2. The van der Waals surface area contributed by atoms with Gasteiger partial charge in [0.25, 0.3) is 0 Å². The highest BCUT2D eigenvalue weighted by Crippen LogP contribution is 2.53. The third-order valence-electron chi connectivity index (χ3n) is 8.58. The van der Waals surface area contributed by atoms with Gasteiger partial charge in [0, 0.05) is 17.0 Å². The second-order valence-corrected chi connectivity index (χ2v) is 11.9. The van der Waals surface area contributed by atoms with Gasteiger partial charge in [-0.1, -0.05) is 6.92 Å². The number of cyclic esters (lactones) is 2. The zero-order valence-corrected chi connectivity index (χ0v) is 23.0. The average Bonchev–Trinajstić information content (AvgIpc) is 3.39. The molecule has 3 N–H and O–H groups in total. The number of carbonyl (C=O) groups excluding carboxylic acids is 4. The number of rotatable bonds is 3. The average molecular weight is 567 g/mol. The van der Waals surface area contributed by atoms with Crippen molar-refractivity contribution in [1.82, 2.24) is 0 Å². The van der Waals surface area contributed by atoms with E-state index in [1.54, 1.807) is 13.8 Å². The van der Waals surface area contributed by atoms with Gasteiger partial charge in [0.1, 0.15) is 46.3 Å². The van der Waals surface area contributed by atoms with E-state index in [4.69, 9.17) is 18.9 Å². The largest absolute Gasteiger partial charge is 0.507 e. The summed E-state index contributed by atoms with van der Waals surface area (Å²) in [5, 5.41) is 32.6. The number of phenolic OH excluding ortho intramolecular Hbond substituents is 2. The molecule has 0 spiro atoms. The molecule has 0 bridgehead atoms. The highest BCUT2D eigenvalue weighted by molar-refractivity contribution is 6.08. The van der Waals surface area contributed by atoms with Crippen LogP contribution >= 0.6 is 0 Å². The van der Waals surface area contributed by atoms with Crippen molar-refractivity contribution in [1.29, 1.82) is 0 Å². The molecule has 0 saturated carbocycles. The molecule has 6 atom stereocenters. The molecule has 216 valence electrons. The summed E-state index contributed by atoms with van der Waals surface area (Å²) in [5.41, 5.74) is -1.96. The smallest absolute Gasteiger partial charge is 0.309 e. The van der Waals surface area contributed by atoms with E-state index >= 15 is 0 Å². The first-order chi connectivity index (χ1) is 19.2. The van der Waals surface area contributed by atoms with Gasteiger partial charge in [-0.3, -0.25) is 19.2 Å². The third-order valence-corrected chi connectivity index (χ3v) is 8.58. The van der Waals surface area contributed by atoms with Gasteiger partial charge < -0.3 is 34.3 Å². The Bertz CT molecular complexity index is 1540. The molecule has 2 aromatic carbocycles. The number of fused-ring (bicyclic) bond motifs is 2. The van der Waals surface area contributed by atoms with Crippen LogP contribution in [0.5, 0.6) is 23.0 Å². The molecular weight excluding hydrogens is 536 g/mol. The lowest BCUT2D eigenvalue weighted by atomic mass is 9.80. The lowest BCUT2D eigenvalue weighted by Gasteiger charge is -2.41. The number of benzene rings is 2. The van der Waals surface area contributed by atoms with E-state index in [1.807, 2.05) is 6.92 Å². The highest BCUT2D eigenvalue weighted by atomic mass is 16.6. The molecule has 2 aromatic rings. The van der Waals surface area contributed by atoms with Crippen LogP contribution in [-0.2, 0) is 19.1 Å². The van der Waals surface area contributed by atoms with Crippen LogP contribution in [0.25, 0.3) is 11.1 Å². The van der Waals surface area contributed by atoms with Crippen molar-refractivity contribution in [3.05, 3.63) is 34.9 Å². The minimum Gasteiger partial charge on any atom is -0.507 e. The maximum absolute atomic E-state index is 13.5. The molecule has 0 unspecified atom stereocenters. The van der Waals surface area contributed by atoms with Crippen molar-refractivity contribution in [2.75, 3.05) is 0 Å². The Morgan fingerprint density at radius 1 is 0.829 bits per heavy atom. The predicted octanol–water partition coefficient (Wildman–Crippen LogP) is 3.15. The minimum atomic E-state index is -1.47. The number of Topliss-reactive ketones (excluding diaryl/α,β-unsaturated/α-hetero) is 2. The van der Waals surface area contributed by atoms with E-state index in [0.29, 0.717) is 5.56 Å². The molecular formula is C30H30O11. The van der Waals surface area contributed by atoms with Gasteiger partial charge >= 0.3 is 11.9 Å². The summed E-state index contributed by atoms with van der Waals surface area (Å²) in [4.78, 5) is 50.6. The first-order valence-corrected chi connectivity index (χ1v) is 13.5. The van der Waals surface area contributed by atoms with Gasteiger partial charge in [-0.2, -0.15) is 0 Å². The normalized spacial score (nSPS) is 32.5. The number of aryl methyl sites for hydroxylation is 1. The number of carbonyl (C=O) groups is 4. The summed E-state index contributed by atoms with van der Waals surface area (Å²) < 4.78 is 23.3. The fourth-order valence-electron chi connectivity index (χ4n) is 6.77. The molecule has 4 aliphatic rings. The molecule has 11 heteroatoms. The summed E-state index contributed by atoms with van der Waals surface area (Å²) in [7, 11) is 0. The van der Waals surface area contributed by atoms with Gasteiger partial charge in [0.15, 0.2) is 28.9 Å². The fraction of sp³-hybridized carbons (Fsp3) is 0.467. The lowest BCUT2D eigenvalue weighted by molar-refractivity contribution is -0.152. The van der Waals surface area contributed by atoms with Gasteiger partial charge in [-0.05, 0) is 44.5 Å². The Hall–Kier alpha value is -4.12. The molecule has 4 heterocycles. The molecule has 0 aliphatic carbocycles. The van der Waals surface area contributed by atoms with Crippen molar-refractivity contribution in [3.63, 3.8) is 0 Å². The molecule has 0 amide bonds. The predicted molar refractivity (Wildman–Crippen MR) is 140 cm³/mol. The van der Waals surface area contributed by atoms with E-state index in [0.717, 1.165) is 0 Å². The van der Waals surface area contributed by atoms with Crippen LogP contribution in [0.4, 0.5) is 0 Å². The Labute approximate surface area is 235 Å². The van der Waals surface area contributed by atoms with Gasteiger partial charge in [-0.25, -0.2) is 0 Å². The summed E-state index contributed by atoms with van der Waals surface area (Å²) >= 11 is 0. The summed E-state index contributed by atoms with van der Waals surface area (Å²) in [6, 6.07) is 4.40. The monoisotopic (exact) mass is 566 g/mol. The zero-order valence-electron chi connectivity index (χ0n) is 23.0. The van der Waals surface area contributed by atoms with Crippen molar-refractivity contribution < 1.29 is 53.4 Å². The standard InChI is InChI=1S/C30H30O11/c1-12-7-15(31)23-17(33)10-30(4,28-16(32)9-21(36)39-28)41-26(23)22(12)14-5-6-19-24(25(14)37)18(34)11-29(3,40-19)27-13(2)8-20(35)38-27/h5-7,13,16,27-28,31-32,37H,8-11H2,1-4H3/t13-,16+,27-,28+,29+,30-/m0/s1. The number of ketones is 2. The molecule has 4 aliphatic heterocycles. The Kier molecular flexibility index (Phi) is 5.90. The Balaban J connectivity index is 1.45. The topological polar surface area (TPSA) is 166 Å². The number of aliphatic hydroxyl groups is 1. The van der Waals surface area contributed by atoms with E-state index in [2.05, 4.69) is 0 Å². The Morgan fingerprint density at radius 3 is 2.05 bits per heavy atom. The van der Waals surface area contributed by atoms with Gasteiger partial charge in [0.05, 0.1) is 25.7 Å². The number of hydrogen-bond acceptors (Lipinski definition) is 11. The van der Waals surface area contributed by atoms with Crippen molar-refractivity contribution >= 4 is 23.5 Å². The van der Waals surface area contributed by atoms with Crippen LogP contribution in [0.2, 0.25) is 0 Å². The van der Waals surface area contributed by atoms with Crippen LogP contribution < -0.4 is 9.47 Å². The summed E-state index contributed by atoms with van der Waals surface area (Å²) in [5.74, 6) is -2.76. The van der Waals surface area contributed by atoms with E-state index in [9.17, 15) is 34.5 Å². The quantitative estimate of drug-likeness (QED) is 0.467. The molecule has 0 radical (unpaired) electrons. The number of hydrogen-bond donors (Lipinski definition) is 3. The van der Waals surface area contributed by atoms with Crippen LogP contribution in [0.1, 0.15) is 72.7 Å². The second-order valence-electron chi connectivity index (χ2n) is 11.9. The molecule has 2 saturated heterocycles. The highest BCUT2D eigenvalue weighted by Gasteiger charge is 2.54. The van der Waals surface area contributed by atoms with Crippen LogP contribution in [0.15, 0.2) is 18.2 Å². The maximum Gasteiger partial charge on any atom is 0.309 e. The zero-order chi connectivity index (χ0) is 29.6. The van der Waals surface area contributed by atoms with Crippen molar-refractivity contribution in [2.24, 2.45) is 5.92 Å². The third kappa shape index (κ3) is 4.05. The fourth-order valence-corrected chi connectivity index (χ4v) is 6.77. The van der Waals surface area contributed by atoms with Crippen LogP contribution in [0.3, 0.4) is 0 Å². The molecule has 2 fully saturated rings. The summed E-state index contributed by atoms with van der Waals surface area (Å²) in [6.45, 7) is 6.72. The number of esters is 2. The first kappa shape index (κ1) is 27.1. The van der Waals surface area contributed by atoms with Gasteiger partial charge in [-0.15, -0.1) is 0 Å². The molecule has 0 aromatic heterocycles. The van der Waals surface area contributed by atoms with E-state index < -0.39 is 52.8 Å². The molecule has 11 nitrogen and oxygen atoms in total. The second kappa shape index (κ2) is 8.94. The SMILES string of the molecule is Cc1cc(O)c2c(c1-c1ccc3c(c1O)C(=O)C[C@](C)([C@H]1OC(=O)C[C@@H]1C)O3)O[C@](C)([C@@H]1OC(=O)C[C@H]1O)CC2=O. The van der Waals surface area contributed by atoms with Crippen molar-refractivity contribution in [2.45, 2.75) is 82.9 Å². The van der Waals surface area contributed by atoms with Crippen LogP contribution in [-0.4, -0.2) is 68.3 Å². The first-order valence-electron chi connectivity index (χ1n) is 13.5. The van der Waals surface area contributed by atoms with Crippen LogP contribution in [0, 0.1) is 12.8 Å². The Morgan fingerprint density at radius 2 is 1.44 bits per heavy atom. The number of phenols is 2. The maximum atomic E-state index is 13.5. The summed E-state index contributed by atoms with van der Waals surface area (Å²) in [6.07, 6.45) is -3.44. The van der Waals surface area contributed by atoms with E-state index in [1.165, 1.54) is 25.1 Å². The molecule has 6 rings (SSSR count). The van der Waals surface area contributed by atoms with Crippen molar-refractivity contribution in [3.8, 4) is 34.1 Å². The lowest BCUT2D eigenvalue weighted by Crippen LogP contribution is -2.53. The van der Waals surface area contributed by atoms with Gasteiger partial charge in [0.2, 0.25) is 0 Å². The molecule has 41 heavy (non-hydrogen) atoms. The number of ether oxygens (including phenoxy) is 4. The van der Waals surface area contributed by atoms with E-state index in [-0.39, 0.29) is 77.1 Å².